The first kappa shape index (κ1) is 16.3. The maximum absolute atomic E-state index is 10.2. The molecule has 0 aromatic heterocycles. The summed E-state index contributed by atoms with van der Waals surface area (Å²) in [6.07, 6.45) is 1.79. The Labute approximate surface area is 112 Å². The average molecular weight is 336 g/mol. The minimum atomic E-state index is -0.691. The van der Waals surface area contributed by atoms with E-state index >= 15 is 0 Å². The van der Waals surface area contributed by atoms with Crippen molar-refractivity contribution in [2.45, 2.75) is 46.1 Å². The predicted octanol–water partition coefficient (Wildman–Crippen LogP) is 2.26. The summed E-state index contributed by atoms with van der Waals surface area (Å²) >= 11 is 0. The van der Waals surface area contributed by atoms with Gasteiger partial charge in [-0.3, -0.25) is 4.99 Å². The topological polar surface area (TPSA) is 32.6 Å². The molecule has 0 aliphatic heterocycles. The quantitative estimate of drug-likeness (QED) is 0.620. The molecule has 2 nitrogen and oxygen atoms in total. The van der Waals surface area contributed by atoms with Gasteiger partial charge in [-0.15, -0.1) is 0 Å². The Morgan fingerprint density at radius 1 is 1.46 bits per heavy atom. The smallest absolute Gasteiger partial charge is 0.104 e. The summed E-state index contributed by atoms with van der Waals surface area (Å²) in [6.45, 7) is 8.04. The number of nitrogens with zero attached hydrogens (tertiary/aromatic N) is 1. The van der Waals surface area contributed by atoms with E-state index in [1.807, 2.05) is 20.8 Å². The van der Waals surface area contributed by atoms with Gasteiger partial charge in [-0.25, -0.2) is 0 Å². The van der Waals surface area contributed by atoms with E-state index in [4.69, 9.17) is 0 Å². The Bertz CT molecular complexity index is 168. The monoisotopic (exact) mass is 336 g/mol. The summed E-state index contributed by atoms with van der Waals surface area (Å²) in [5, 5.41) is 10.2. The summed E-state index contributed by atoms with van der Waals surface area (Å²) < 4.78 is 0. The minimum Gasteiger partial charge on any atom is -0.384 e. The first-order valence-electron chi connectivity index (χ1n) is 4.65. The largest absolute Gasteiger partial charge is 0.384 e. The SMILES string of the molecule is CCCC(O)(C(C)=NC)C(C)C.[Ho]. The zero-order chi connectivity index (χ0) is 9.78. The summed E-state index contributed by atoms with van der Waals surface area (Å²) in [6, 6.07) is 0. The van der Waals surface area contributed by atoms with Crippen molar-refractivity contribution in [3.8, 4) is 0 Å². The first-order chi connectivity index (χ1) is 5.49. The van der Waals surface area contributed by atoms with Crippen LogP contribution in [0.15, 0.2) is 4.99 Å². The molecule has 0 aliphatic rings. The molecule has 0 bridgehead atoms. The molecule has 0 heterocycles. The standard InChI is InChI=1S/C10H21NO.Ho/c1-6-7-10(12,8(2)3)9(4)11-5;/h8,12H,6-7H2,1-5H3;. The zero-order valence-corrected chi connectivity index (χ0v) is 11.1. The molecule has 0 amide bonds. The molecular formula is C10H21HoNO. The van der Waals surface area contributed by atoms with Gasteiger partial charge < -0.3 is 5.11 Å². The fourth-order valence-corrected chi connectivity index (χ4v) is 1.46. The van der Waals surface area contributed by atoms with Gasteiger partial charge in [0, 0.05) is 50.5 Å². The Kier molecular flexibility index (Phi) is 9.06. The molecule has 1 atom stereocenters. The van der Waals surface area contributed by atoms with E-state index in [1.165, 1.54) is 0 Å². The normalized spacial score (nSPS) is 16.7. The van der Waals surface area contributed by atoms with E-state index in [-0.39, 0.29) is 43.7 Å². The van der Waals surface area contributed by atoms with E-state index < -0.39 is 5.60 Å². The van der Waals surface area contributed by atoms with Gasteiger partial charge in [0.05, 0.1) is 0 Å². The molecule has 1 N–H and O–H groups in total. The van der Waals surface area contributed by atoms with Crippen LogP contribution in [-0.4, -0.2) is 23.5 Å². The van der Waals surface area contributed by atoms with Crippen molar-refractivity contribution in [2.24, 2.45) is 10.9 Å². The second-order valence-electron chi connectivity index (χ2n) is 3.64. The van der Waals surface area contributed by atoms with Crippen molar-refractivity contribution >= 4 is 5.71 Å². The van der Waals surface area contributed by atoms with Crippen molar-refractivity contribution < 1.29 is 42.8 Å². The second-order valence-corrected chi connectivity index (χ2v) is 3.64. The number of hydrogen-bond donors (Lipinski definition) is 1. The van der Waals surface area contributed by atoms with Gasteiger partial charge in [0.15, 0.2) is 0 Å². The van der Waals surface area contributed by atoms with E-state index in [0.29, 0.717) is 0 Å². The van der Waals surface area contributed by atoms with Crippen molar-refractivity contribution in [1.82, 2.24) is 0 Å². The molecular weight excluding hydrogens is 315 g/mol. The second kappa shape index (κ2) is 7.22. The number of aliphatic hydroxyl groups is 1. The Hall–Kier alpha value is 0.890. The molecule has 0 saturated heterocycles. The summed E-state index contributed by atoms with van der Waals surface area (Å²) in [7, 11) is 1.73. The number of rotatable bonds is 4. The van der Waals surface area contributed by atoms with Crippen molar-refractivity contribution in [3.05, 3.63) is 0 Å². The molecule has 0 fully saturated rings. The molecule has 1 unspecified atom stereocenters. The molecule has 83 valence electrons. The third-order valence-corrected chi connectivity index (χ3v) is 2.55. The van der Waals surface area contributed by atoms with Gasteiger partial charge in [-0.1, -0.05) is 27.2 Å². The molecule has 13 heavy (non-hydrogen) atoms. The van der Waals surface area contributed by atoms with Gasteiger partial charge in [-0.2, -0.15) is 0 Å². The molecule has 0 aromatic rings. The maximum Gasteiger partial charge on any atom is 0.104 e. The van der Waals surface area contributed by atoms with Crippen LogP contribution in [0.5, 0.6) is 0 Å². The molecule has 3 heteroatoms. The molecule has 0 aliphatic carbocycles. The minimum absolute atomic E-state index is 0. The summed E-state index contributed by atoms with van der Waals surface area (Å²) in [4.78, 5) is 4.07. The molecule has 0 spiro atoms. The third-order valence-electron chi connectivity index (χ3n) is 2.55. The molecule has 1 radical (unpaired) electrons. The van der Waals surface area contributed by atoms with Gasteiger partial charge in [-0.05, 0) is 19.3 Å². The fraction of sp³-hybridized carbons (Fsp3) is 0.900. The van der Waals surface area contributed by atoms with E-state index in [2.05, 4.69) is 11.9 Å². The fourth-order valence-electron chi connectivity index (χ4n) is 1.46. The Balaban J connectivity index is 0. The maximum atomic E-state index is 10.2. The predicted molar refractivity (Wildman–Crippen MR) is 53.7 cm³/mol. The molecule has 0 rings (SSSR count). The van der Waals surface area contributed by atoms with Crippen molar-refractivity contribution in [3.63, 3.8) is 0 Å². The van der Waals surface area contributed by atoms with Crippen LogP contribution in [0.25, 0.3) is 0 Å². The van der Waals surface area contributed by atoms with E-state index in [9.17, 15) is 5.11 Å². The van der Waals surface area contributed by atoms with Gasteiger partial charge >= 0.3 is 0 Å². The third kappa shape index (κ3) is 4.28. The van der Waals surface area contributed by atoms with Gasteiger partial charge in [0.1, 0.15) is 5.60 Å². The van der Waals surface area contributed by atoms with E-state index in [1.54, 1.807) is 7.05 Å². The van der Waals surface area contributed by atoms with E-state index in [0.717, 1.165) is 18.6 Å². The van der Waals surface area contributed by atoms with Crippen LogP contribution in [0.3, 0.4) is 0 Å². The number of hydrogen-bond acceptors (Lipinski definition) is 2. The summed E-state index contributed by atoms with van der Waals surface area (Å²) in [5.74, 6) is 0.237. The van der Waals surface area contributed by atoms with Crippen LogP contribution < -0.4 is 0 Å². The van der Waals surface area contributed by atoms with Gasteiger partial charge in [0.2, 0.25) is 0 Å². The Morgan fingerprint density at radius 3 is 2.15 bits per heavy atom. The van der Waals surface area contributed by atoms with Crippen LogP contribution in [0.1, 0.15) is 40.5 Å². The first-order valence-corrected chi connectivity index (χ1v) is 4.65. The zero-order valence-electron chi connectivity index (χ0n) is 9.19. The van der Waals surface area contributed by atoms with Crippen LogP contribution >= 0.6 is 0 Å². The Morgan fingerprint density at radius 2 is 1.92 bits per heavy atom. The van der Waals surface area contributed by atoms with Crippen molar-refractivity contribution in [2.75, 3.05) is 7.05 Å². The average Bonchev–Trinajstić information content (AvgIpc) is 2.03. The summed E-state index contributed by atoms with van der Waals surface area (Å²) in [5.41, 5.74) is 0.156. The van der Waals surface area contributed by atoms with Gasteiger partial charge in [0.25, 0.3) is 0 Å². The van der Waals surface area contributed by atoms with Crippen molar-refractivity contribution in [1.29, 1.82) is 0 Å². The van der Waals surface area contributed by atoms with Crippen LogP contribution in [0.4, 0.5) is 0 Å². The molecule has 0 aromatic carbocycles. The van der Waals surface area contributed by atoms with Crippen LogP contribution in [0.2, 0.25) is 0 Å². The molecule has 0 saturated carbocycles. The van der Waals surface area contributed by atoms with Crippen LogP contribution in [0, 0.1) is 43.7 Å². The van der Waals surface area contributed by atoms with Crippen LogP contribution in [-0.2, 0) is 0 Å². The number of aliphatic imine (C=N–C) groups is 1.